The highest BCUT2D eigenvalue weighted by Gasteiger charge is 2.47. The fourth-order valence-electron chi connectivity index (χ4n) is 7.53. The van der Waals surface area contributed by atoms with Gasteiger partial charge in [-0.3, -0.25) is 9.78 Å². The van der Waals surface area contributed by atoms with Gasteiger partial charge in [0.15, 0.2) is 0 Å². The number of amides is 1. The lowest BCUT2D eigenvalue weighted by atomic mass is 9.82. The lowest BCUT2D eigenvalue weighted by Gasteiger charge is -2.32. The summed E-state index contributed by atoms with van der Waals surface area (Å²) in [5.41, 5.74) is 8.73. The van der Waals surface area contributed by atoms with Gasteiger partial charge < -0.3 is 15.2 Å². The van der Waals surface area contributed by atoms with Crippen LogP contribution in [0.5, 0.6) is 0 Å². The van der Waals surface area contributed by atoms with E-state index in [-0.39, 0.29) is 11.8 Å². The van der Waals surface area contributed by atoms with Crippen molar-refractivity contribution < 1.29 is 4.79 Å². The van der Waals surface area contributed by atoms with Gasteiger partial charge in [0.2, 0.25) is 5.91 Å². The number of nitrogens with one attached hydrogen (secondary N) is 2. The summed E-state index contributed by atoms with van der Waals surface area (Å²) in [6, 6.07) is 14.0. The van der Waals surface area contributed by atoms with Crippen LogP contribution in [0.3, 0.4) is 0 Å². The fourth-order valence-corrected chi connectivity index (χ4v) is 7.53. The van der Waals surface area contributed by atoms with Gasteiger partial charge >= 0.3 is 0 Å². The third kappa shape index (κ3) is 5.99. The average molecular weight is 578 g/mol. The summed E-state index contributed by atoms with van der Waals surface area (Å²) in [7, 11) is 0. The number of pyridine rings is 2. The zero-order chi connectivity index (χ0) is 30.1. The minimum atomic E-state index is -0.628. The van der Waals surface area contributed by atoms with Crippen LogP contribution in [0.25, 0.3) is 22.3 Å². The summed E-state index contributed by atoms with van der Waals surface area (Å²) in [6.45, 7) is 12.7. The van der Waals surface area contributed by atoms with Crippen LogP contribution in [-0.4, -0.2) is 50.9 Å². The van der Waals surface area contributed by atoms with Crippen molar-refractivity contribution >= 4 is 16.9 Å². The van der Waals surface area contributed by atoms with Crippen molar-refractivity contribution in [1.29, 1.82) is 0 Å². The lowest BCUT2D eigenvalue weighted by Crippen LogP contribution is -2.46. The second-order valence-corrected chi connectivity index (χ2v) is 13.6. The number of carbonyl (C=O) groups excluding carboxylic acids is 1. The summed E-state index contributed by atoms with van der Waals surface area (Å²) in [6.07, 6.45) is 13.6. The molecule has 2 aliphatic rings. The predicted octanol–water partition coefficient (Wildman–Crippen LogP) is 7.39. The van der Waals surface area contributed by atoms with Gasteiger partial charge in [-0.05, 0) is 138 Å². The van der Waals surface area contributed by atoms with Crippen molar-refractivity contribution in [3.63, 3.8) is 0 Å². The fraction of sp³-hybridized carbons (Fsp3) is 0.486. The van der Waals surface area contributed by atoms with Crippen LogP contribution in [0, 0.1) is 13.8 Å². The molecule has 3 aromatic heterocycles. The maximum Gasteiger partial charge on any atom is 0.233 e. The molecule has 43 heavy (non-hydrogen) atoms. The predicted molar refractivity (Wildman–Crippen MR) is 175 cm³/mol. The molecule has 0 aliphatic carbocycles. The first-order valence-electron chi connectivity index (χ1n) is 16.3. The van der Waals surface area contributed by atoms with E-state index < -0.39 is 5.41 Å². The Morgan fingerprint density at radius 3 is 2.37 bits per heavy atom. The maximum atomic E-state index is 14.0. The Bertz CT molecular complexity index is 1550. The molecule has 5 heterocycles. The van der Waals surface area contributed by atoms with Gasteiger partial charge in [0.25, 0.3) is 0 Å². The Morgan fingerprint density at radius 1 is 1.02 bits per heavy atom. The van der Waals surface area contributed by atoms with E-state index in [1.165, 1.54) is 27.8 Å². The molecule has 0 saturated carbocycles. The van der Waals surface area contributed by atoms with Crippen LogP contribution in [0.1, 0.15) is 93.0 Å². The Balaban J connectivity index is 1.26. The molecule has 226 valence electrons. The molecule has 1 amide bonds. The van der Waals surface area contributed by atoms with Gasteiger partial charge in [0.05, 0.1) is 11.1 Å². The Kier molecular flexibility index (Phi) is 8.41. The molecule has 2 saturated heterocycles. The summed E-state index contributed by atoms with van der Waals surface area (Å²) in [5, 5.41) is 4.86. The summed E-state index contributed by atoms with van der Waals surface area (Å²) in [5.74, 6) is 0.516. The molecule has 6 heteroatoms. The summed E-state index contributed by atoms with van der Waals surface area (Å²) >= 11 is 0. The lowest BCUT2D eigenvalue weighted by molar-refractivity contribution is -0.137. The smallest absolute Gasteiger partial charge is 0.233 e. The molecule has 2 fully saturated rings. The van der Waals surface area contributed by atoms with Crippen LogP contribution in [0.4, 0.5) is 0 Å². The SMILES string of the molecule is Cc1cc(C)cc(-c2[nH]c3ncc(C(C)(C)C(=O)N4C5CCC4CC5)cc3c2[C@H](C)CNCCCCc2ccncc2)c1. The number of nitrogens with zero attached hydrogens (tertiary/aromatic N) is 3. The Morgan fingerprint density at radius 2 is 1.70 bits per heavy atom. The summed E-state index contributed by atoms with van der Waals surface area (Å²) < 4.78 is 0. The molecule has 0 spiro atoms. The van der Waals surface area contributed by atoms with E-state index >= 15 is 0 Å². The van der Waals surface area contributed by atoms with Crippen molar-refractivity contribution in [1.82, 2.24) is 25.2 Å². The van der Waals surface area contributed by atoms with Crippen LogP contribution >= 0.6 is 0 Å². The number of hydrogen-bond donors (Lipinski definition) is 2. The first kappa shape index (κ1) is 29.6. The quantitative estimate of drug-likeness (QED) is 0.182. The minimum absolute atomic E-state index is 0.256. The number of unbranched alkanes of at least 4 members (excludes halogenated alkanes) is 1. The number of carbonyl (C=O) groups is 1. The monoisotopic (exact) mass is 577 g/mol. The molecule has 6 nitrogen and oxygen atoms in total. The van der Waals surface area contributed by atoms with Gasteiger partial charge in [-0.15, -0.1) is 0 Å². The Hall–Kier alpha value is -3.51. The minimum Gasteiger partial charge on any atom is -0.339 e. The van der Waals surface area contributed by atoms with E-state index in [4.69, 9.17) is 4.98 Å². The second kappa shape index (κ2) is 12.2. The number of aromatic nitrogens is 3. The van der Waals surface area contributed by atoms with Crippen molar-refractivity contribution in [3.05, 3.63) is 82.8 Å². The highest BCUT2D eigenvalue weighted by Crippen LogP contribution is 2.42. The van der Waals surface area contributed by atoms with E-state index in [1.807, 2.05) is 18.6 Å². The molecular weight excluding hydrogens is 530 g/mol. The second-order valence-electron chi connectivity index (χ2n) is 13.6. The number of benzene rings is 1. The number of fused-ring (bicyclic) bond motifs is 3. The molecule has 2 bridgehead atoms. The molecule has 2 aliphatic heterocycles. The number of hydrogen-bond acceptors (Lipinski definition) is 4. The van der Waals surface area contributed by atoms with Gasteiger partial charge in [-0.25, -0.2) is 4.98 Å². The normalized spacial score (nSPS) is 19.0. The van der Waals surface area contributed by atoms with E-state index in [2.05, 4.69) is 91.2 Å². The van der Waals surface area contributed by atoms with Crippen LogP contribution in [0.2, 0.25) is 0 Å². The van der Waals surface area contributed by atoms with Gasteiger partial charge in [0, 0.05) is 42.6 Å². The largest absolute Gasteiger partial charge is 0.339 e. The van der Waals surface area contributed by atoms with E-state index in [0.29, 0.717) is 12.1 Å². The topological polar surface area (TPSA) is 73.9 Å². The van der Waals surface area contributed by atoms with Crippen LogP contribution in [-0.2, 0) is 16.6 Å². The van der Waals surface area contributed by atoms with Crippen molar-refractivity contribution in [2.75, 3.05) is 13.1 Å². The molecule has 4 aromatic rings. The van der Waals surface area contributed by atoms with E-state index in [9.17, 15) is 4.79 Å². The average Bonchev–Trinajstić information content (AvgIpc) is 3.71. The van der Waals surface area contributed by atoms with Crippen molar-refractivity contribution in [2.24, 2.45) is 0 Å². The van der Waals surface area contributed by atoms with E-state index in [1.54, 1.807) is 0 Å². The van der Waals surface area contributed by atoms with E-state index in [0.717, 1.165) is 80.3 Å². The molecule has 1 aromatic carbocycles. The van der Waals surface area contributed by atoms with Crippen LogP contribution in [0.15, 0.2) is 55.0 Å². The van der Waals surface area contributed by atoms with Gasteiger partial charge in [-0.2, -0.15) is 0 Å². The van der Waals surface area contributed by atoms with Gasteiger partial charge in [0.1, 0.15) is 5.65 Å². The first-order chi connectivity index (χ1) is 20.7. The highest BCUT2D eigenvalue weighted by atomic mass is 16.2. The van der Waals surface area contributed by atoms with Crippen molar-refractivity contribution in [2.45, 2.75) is 103 Å². The van der Waals surface area contributed by atoms with Crippen molar-refractivity contribution in [3.8, 4) is 11.3 Å². The number of aromatic amines is 1. The molecule has 6 rings (SSSR count). The Labute approximate surface area is 256 Å². The first-order valence-corrected chi connectivity index (χ1v) is 16.3. The number of aryl methyl sites for hydroxylation is 3. The standard InChI is InChI=1S/C37H47N5O/c1-24-18-25(2)20-28(19-24)34-33(26(3)22-39-15-7-6-8-27-13-16-38-17-14-27)32-21-29(23-40-35(32)41-34)37(4,5)36(43)42-30-9-10-31(42)12-11-30/h13-14,16-21,23,26,30-31,39H,6-12,15,22H2,1-5H3,(H,40,41)/t26-,30?,31?/m1/s1. The van der Waals surface area contributed by atoms with Crippen LogP contribution < -0.4 is 5.32 Å². The third-order valence-electron chi connectivity index (χ3n) is 9.91. The third-order valence-corrected chi connectivity index (χ3v) is 9.91. The van der Waals surface area contributed by atoms with Gasteiger partial charge in [-0.1, -0.05) is 24.1 Å². The molecule has 2 N–H and O–H groups in total. The number of H-pyrrole nitrogens is 1. The molecular formula is C37H47N5O. The zero-order valence-electron chi connectivity index (χ0n) is 26.5. The number of rotatable bonds is 11. The summed E-state index contributed by atoms with van der Waals surface area (Å²) in [4.78, 5) is 29.0. The molecule has 0 radical (unpaired) electrons. The zero-order valence-corrected chi connectivity index (χ0v) is 26.5. The molecule has 1 atom stereocenters. The highest BCUT2D eigenvalue weighted by molar-refractivity contribution is 5.93. The molecule has 0 unspecified atom stereocenters. The maximum absolute atomic E-state index is 14.0.